The molecule has 4 aromatic rings. The quantitative estimate of drug-likeness (QED) is 0.385. The first-order chi connectivity index (χ1) is 18.8. The number of nitrogens with zero attached hydrogens (tertiary/aromatic N) is 5. The number of rotatable bonds is 6. The molecule has 1 spiro atoms. The van der Waals surface area contributed by atoms with E-state index < -0.39 is 17.5 Å². The van der Waals surface area contributed by atoms with Gasteiger partial charge in [0.15, 0.2) is 11.4 Å². The lowest BCUT2D eigenvalue weighted by Crippen LogP contribution is -2.51. The number of fused-ring (bicyclic) bond motifs is 2. The number of hydrogen-bond acceptors (Lipinski definition) is 6. The standard InChI is InChI=1S/C28H31F2N7O2/c1-15-11-37-13-19(25(39-3)23(30)26(37)31-15)33-27(38)22-18(29)10-20(17-12-35(2)34-24(17)22)36-9-6-21(32-16-4-5-16)28(14-36)7-8-28/h10-13,16,21,32H,4-9,14H2,1-3H3,(H,33,38)/t21-/m0/s1. The lowest BCUT2D eigenvalue weighted by Gasteiger charge is -2.41. The predicted molar refractivity (Wildman–Crippen MR) is 144 cm³/mol. The Morgan fingerprint density at radius 1 is 1.18 bits per heavy atom. The van der Waals surface area contributed by atoms with Crippen molar-refractivity contribution in [1.82, 2.24) is 24.5 Å². The largest absolute Gasteiger partial charge is 0.491 e. The van der Waals surface area contributed by atoms with E-state index in [1.807, 2.05) is 6.20 Å². The molecule has 2 N–H and O–H groups in total. The molecule has 1 aliphatic heterocycles. The highest BCUT2D eigenvalue weighted by Crippen LogP contribution is 2.54. The molecule has 7 rings (SSSR count). The number of ether oxygens (including phenoxy) is 1. The van der Waals surface area contributed by atoms with Gasteiger partial charge < -0.3 is 24.7 Å². The van der Waals surface area contributed by atoms with Crippen molar-refractivity contribution in [2.24, 2.45) is 12.5 Å². The fraction of sp³-hybridized carbons (Fsp3) is 0.464. The Labute approximate surface area is 224 Å². The minimum Gasteiger partial charge on any atom is -0.491 e. The van der Waals surface area contributed by atoms with E-state index in [1.165, 1.54) is 49.5 Å². The van der Waals surface area contributed by atoms with Crippen LogP contribution < -0.4 is 20.3 Å². The Kier molecular flexibility index (Phi) is 5.39. The molecule has 0 unspecified atom stereocenters. The number of hydrogen-bond donors (Lipinski definition) is 2. The van der Waals surface area contributed by atoms with Crippen LogP contribution in [0.15, 0.2) is 24.7 Å². The van der Waals surface area contributed by atoms with Crippen molar-refractivity contribution in [3.05, 3.63) is 47.5 Å². The average Bonchev–Trinajstić information content (AvgIpc) is 3.79. The van der Waals surface area contributed by atoms with Gasteiger partial charge in [0.25, 0.3) is 5.91 Å². The van der Waals surface area contributed by atoms with Gasteiger partial charge in [0.05, 0.1) is 18.5 Å². The first kappa shape index (κ1) is 24.3. The third kappa shape index (κ3) is 4.02. The van der Waals surface area contributed by atoms with Crippen LogP contribution in [0.5, 0.6) is 5.75 Å². The van der Waals surface area contributed by atoms with Gasteiger partial charge >= 0.3 is 0 Å². The molecule has 11 heteroatoms. The first-order valence-electron chi connectivity index (χ1n) is 13.5. The number of imidazole rings is 1. The molecule has 4 heterocycles. The van der Waals surface area contributed by atoms with Gasteiger partial charge in [0, 0.05) is 61.6 Å². The number of aryl methyl sites for hydroxylation is 2. The number of piperidine rings is 1. The second-order valence-electron chi connectivity index (χ2n) is 11.3. The van der Waals surface area contributed by atoms with Crippen molar-refractivity contribution in [2.75, 3.05) is 30.4 Å². The van der Waals surface area contributed by atoms with Crippen molar-refractivity contribution in [2.45, 2.75) is 51.1 Å². The summed E-state index contributed by atoms with van der Waals surface area (Å²) < 4.78 is 39.2. The number of aromatic nitrogens is 4. The van der Waals surface area contributed by atoms with Crippen LogP contribution >= 0.6 is 0 Å². The number of nitrogens with one attached hydrogen (secondary N) is 2. The maximum atomic E-state index is 15.8. The summed E-state index contributed by atoms with van der Waals surface area (Å²) in [6.07, 6.45) is 10.8. The van der Waals surface area contributed by atoms with Gasteiger partial charge in [-0.2, -0.15) is 9.49 Å². The zero-order valence-electron chi connectivity index (χ0n) is 22.2. The lowest BCUT2D eigenvalue weighted by molar-refractivity contribution is 0.102. The highest BCUT2D eigenvalue weighted by molar-refractivity contribution is 6.14. The molecule has 204 valence electrons. The Hall–Kier alpha value is -3.73. The Morgan fingerprint density at radius 2 is 1.97 bits per heavy atom. The molecule has 0 radical (unpaired) electrons. The summed E-state index contributed by atoms with van der Waals surface area (Å²) in [7, 11) is 3.06. The van der Waals surface area contributed by atoms with Crippen molar-refractivity contribution in [3.63, 3.8) is 0 Å². The first-order valence-corrected chi connectivity index (χ1v) is 13.5. The molecule has 3 fully saturated rings. The van der Waals surface area contributed by atoms with Crippen molar-refractivity contribution < 1.29 is 18.3 Å². The van der Waals surface area contributed by atoms with Gasteiger partial charge in [-0.3, -0.25) is 9.48 Å². The van der Waals surface area contributed by atoms with Crippen LogP contribution in [-0.4, -0.2) is 57.4 Å². The van der Waals surface area contributed by atoms with E-state index in [0.29, 0.717) is 23.2 Å². The fourth-order valence-corrected chi connectivity index (χ4v) is 6.22. The molecule has 1 saturated heterocycles. The normalized spacial score (nSPS) is 20.2. The lowest BCUT2D eigenvalue weighted by atomic mass is 9.88. The third-order valence-electron chi connectivity index (χ3n) is 8.46. The zero-order valence-corrected chi connectivity index (χ0v) is 22.2. The SMILES string of the molecule is COc1c(NC(=O)c2c(F)cc(N3CC[C@H](NC4CC4)C4(CC4)C3)c3cn(C)nc23)cn2cc(C)nc2c1F. The van der Waals surface area contributed by atoms with Crippen LogP contribution in [-0.2, 0) is 7.05 Å². The zero-order chi connectivity index (χ0) is 27.1. The monoisotopic (exact) mass is 535 g/mol. The maximum Gasteiger partial charge on any atom is 0.261 e. The van der Waals surface area contributed by atoms with Gasteiger partial charge in [-0.1, -0.05) is 0 Å². The van der Waals surface area contributed by atoms with Crippen molar-refractivity contribution in [3.8, 4) is 5.75 Å². The van der Waals surface area contributed by atoms with Crippen LogP contribution in [0.4, 0.5) is 20.2 Å². The summed E-state index contributed by atoms with van der Waals surface area (Å²) >= 11 is 0. The molecule has 3 aliphatic rings. The molecule has 3 aromatic heterocycles. The Bertz CT molecular complexity index is 1640. The summed E-state index contributed by atoms with van der Waals surface area (Å²) in [5.74, 6) is -2.29. The molecule has 1 aromatic carbocycles. The van der Waals surface area contributed by atoms with E-state index in [0.717, 1.165) is 25.2 Å². The maximum absolute atomic E-state index is 15.8. The van der Waals surface area contributed by atoms with E-state index in [-0.39, 0.29) is 33.6 Å². The van der Waals surface area contributed by atoms with Crippen LogP contribution in [0.1, 0.15) is 48.2 Å². The number of carbonyl (C=O) groups excluding carboxylic acids is 1. The summed E-state index contributed by atoms with van der Waals surface area (Å²) in [5.41, 5.74) is 1.82. The Balaban J connectivity index is 1.23. The number of methoxy groups -OCH3 is 1. The number of benzene rings is 1. The molecular formula is C28H31F2N7O2. The van der Waals surface area contributed by atoms with E-state index in [9.17, 15) is 4.79 Å². The Morgan fingerprint density at radius 3 is 2.69 bits per heavy atom. The minimum atomic E-state index is -0.734. The third-order valence-corrected chi connectivity index (χ3v) is 8.46. The van der Waals surface area contributed by atoms with Crippen molar-refractivity contribution >= 4 is 33.8 Å². The van der Waals surface area contributed by atoms with Crippen molar-refractivity contribution in [1.29, 1.82) is 0 Å². The van der Waals surface area contributed by atoms with Gasteiger partial charge in [0.2, 0.25) is 5.82 Å². The fourth-order valence-electron chi connectivity index (χ4n) is 6.22. The number of anilines is 2. The van der Waals surface area contributed by atoms with E-state index >= 15 is 8.78 Å². The van der Waals surface area contributed by atoms with Gasteiger partial charge in [-0.25, -0.2) is 9.37 Å². The number of carbonyl (C=O) groups is 1. The minimum absolute atomic E-state index is 0.0679. The predicted octanol–water partition coefficient (Wildman–Crippen LogP) is 4.18. The summed E-state index contributed by atoms with van der Waals surface area (Å²) in [6, 6.07) is 2.61. The second kappa shape index (κ2) is 8.64. The highest BCUT2D eigenvalue weighted by Gasteiger charge is 2.53. The molecule has 0 bridgehead atoms. The number of halogens is 2. The van der Waals surface area contributed by atoms with E-state index in [1.54, 1.807) is 24.9 Å². The molecule has 9 nitrogen and oxygen atoms in total. The van der Waals surface area contributed by atoms with Crippen LogP contribution in [0.2, 0.25) is 0 Å². The summed E-state index contributed by atoms with van der Waals surface area (Å²) in [5, 5.41) is 11.7. The molecule has 39 heavy (non-hydrogen) atoms. The number of pyridine rings is 1. The highest BCUT2D eigenvalue weighted by atomic mass is 19.1. The smallest absolute Gasteiger partial charge is 0.261 e. The molecule has 2 saturated carbocycles. The molecule has 1 amide bonds. The van der Waals surface area contributed by atoms with E-state index in [4.69, 9.17) is 4.74 Å². The van der Waals surface area contributed by atoms with Gasteiger partial charge in [0.1, 0.15) is 22.6 Å². The number of amides is 1. The van der Waals surface area contributed by atoms with E-state index in [2.05, 4.69) is 25.6 Å². The summed E-state index contributed by atoms with van der Waals surface area (Å²) in [6.45, 7) is 3.40. The van der Waals surface area contributed by atoms with Gasteiger partial charge in [-0.05, 0) is 45.1 Å². The van der Waals surface area contributed by atoms with Crippen LogP contribution in [0.3, 0.4) is 0 Å². The van der Waals surface area contributed by atoms with Gasteiger partial charge in [-0.15, -0.1) is 0 Å². The second-order valence-corrected chi connectivity index (χ2v) is 11.3. The molecular weight excluding hydrogens is 504 g/mol. The molecule has 1 atom stereocenters. The molecule has 2 aliphatic carbocycles. The van der Waals surface area contributed by atoms with Crippen LogP contribution in [0.25, 0.3) is 16.6 Å². The summed E-state index contributed by atoms with van der Waals surface area (Å²) in [4.78, 5) is 19.9. The average molecular weight is 536 g/mol. The topological polar surface area (TPSA) is 88.7 Å². The van der Waals surface area contributed by atoms with Crippen LogP contribution in [0, 0.1) is 24.0 Å².